The molecule has 2 unspecified atom stereocenters. The maximum Gasteiger partial charge on any atom is 0.396 e. The number of alkyl halides is 3. The minimum absolute atomic E-state index is 0.134. The number of hydrogen-bond acceptors (Lipinski definition) is 4. The molecule has 1 aliphatic heterocycles. The fraction of sp³-hybridized carbons (Fsp3) is 0.625. The highest BCUT2D eigenvalue weighted by atomic mass is 19.4. The number of nitrogens with zero attached hydrogens (tertiary/aromatic N) is 4. The summed E-state index contributed by atoms with van der Waals surface area (Å²) >= 11 is 0. The molecule has 0 bridgehead atoms. The van der Waals surface area contributed by atoms with Gasteiger partial charge in [0.25, 0.3) is 0 Å². The van der Waals surface area contributed by atoms with E-state index in [1.54, 1.807) is 0 Å². The van der Waals surface area contributed by atoms with Gasteiger partial charge in [-0.05, 0) is 45.3 Å². The van der Waals surface area contributed by atoms with E-state index in [1.807, 2.05) is 0 Å². The minimum atomic E-state index is -4.47. The molecule has 3 heterocycles. The lowest BCUT2D eigenvalue weighted by atomic mass is 10.0. The van der Waals surface area contributed by atoms with Gasteiger partial charge in [0.15, 0.2) is 5.82 Å². The molecule has 140 valence electrons. The first-order chi connectivity index (χ1) is 11.6. The lowest BCUT2D eigenvalue weighted by Gasteiger charge is -2.26. The molecular formula is C16H23F4N5. The van der Waals surface area contributed by atoms with Crippen molar-refractivity contribution < 1.29 is 17.6 Å². The average molecular weight is 361 g/mol. The van der Waals surface area contributed by atoms with E-state index in [-0.39, 0.29) is 17.2 Å². The molecule has 0 spiro atoms. The predicted octanol–water partition coefficient (Wildman–Crippen LogP) is 3.46. The molecule has 3 rings (SSSR count). The van der Waals surface area contributed by atoms with E-state index in [1.165, 1.54) is 25.9 Å². The van der Waals surface area contributed by atoms with E-state index in [0.29, 0.717) is 0 Å². The van der Waals surface area contributed by atoms with Gasteiger partial charge >= 0.3 is 6.18 Å². The van der Waals surface area contributed by atoms with E-state index in [4.69, 9.17) is 5.73 Å². The van der Waals surface area contributed by atoms with E-state index in [9.17, 15) is 17.6 Å². The summed E-state index contributed by atoms with van der Waals surface area (Å²) in [6, 6.07) is 0.793. The highest BCUT2D eigenvalue weighted by molar-refractivity contribution is 5.50. The Hall–Kier alpha value is -1.90. The van der Waals surface area contributed by atoms with Crippen molar-refractivity contribution in [3.63, 3.8) is 0 Å². The van der Waals surface area contributed by atoms with Crippen LogP contribution in [0, 0.1) is 11.7 Å². The summed E-state index contributed by atoms with van der Waals surface area (Å²) in [4.78, 5) is 5.94. The summed E-state index contributed by atoms with van der Waals surface area (Å²) in [6.07, 6.45) is -0.591. The Morgan fingerprint density at radius 3 is 2.56 bits per heavy atom. The minimum Gasteiger partial charge on any atom is -0.367 e. The van der Waals surface area contributed by atoms with Gasteiger partial charge in [-0.25, -0.2) is 13.9 Å². The number of aromatic nitrogens is 3. The number of likely N-dealkylation sites (tertiary alicyclic amines) is 1. The van der Waals surface area contributed by atoms with Crippen LogP contribution < -0.4 is 5.73 Å². The second kappa shape index (κ2) is 7.55. The van der Waals surface area contributed by atoms with Crippen molar-refractivity contribution in [2.45, 2.75) is 38.8 Å². The highest BCUT2D eigenvalue weighted by Crippen LogP contribution is 2.35. The van der Waals surface area contributed by atoms with Crippen molar-refractivity contribution in [3.05, 3.63) is 23.8 Å². The van der Waals surface area contributed by atoms with Crippen molar-refractivity contribution in [2.24, 2.45) is 5.92 Å². The third kappa shape index (κ3) is 4.81. The average Bonchev–Trinajstić information content (AvgIpc) is 2.82. The Kier molecular flexibility index (Phi) is 5.87. The standard InChI is InChI=1S/C9H8F4N4.C7H15N/c1-4(9(11,12)13)6-2-5(10)7-3-15-8(14)16-17(6)7;1-7-4-3-5-8(2)6-7/h2-4H,1H3,(H2,14,16);7H,3-6H2,1-2H3. The van der Waals surface area contributed by atoms with Gasteiger partial charge in [-0.15, -0.1) is 5.10 Å². The molecule has 2 atom stereocenters. The van der Waals surface area contributed by atoms with E-state index in [0.717, 1.165) is 29.6 Å². The number of nitrogen functional groups attached to an aromatic ring is 1. The molecule has 2 N–H and O–H groups in total. The quantitative estimate of drug-likeness (QED) is 0.791. The van der Waals surface area contributed by atoms with Crippen LogP contribution in [0.25, 0.3) is 5.52 Å². The molecule has 0 aromatic carbocycles. The van der Waals surface area contributed by atoms with Gasteiger partial charge in [0.2, 0.25) is 5.95 Å². The lowest BCUT2D eigenvalue weighted by molar-refractivity contribution is -0.147. The topological polar surface area (TPSA) is 59.4 Å². The summed E-state index contributed by atoms with van der Waals surface area (Å²) in [7, 11) is 2.20. The number of halogens is 4. The van der Waals surface area contributed by atoms with Crippen LogP contribution >= 0.6 is 0 Å². The number of fused-ring (bicyclic) bond motifs is 1. The van der Waals surface area contributed by atoms with Crippen molar-refractivity contribution in [3.8, 4) is 0 Å². The zero-order valence-electron chi connectivity index (χ0n) is 14.5. The second-order valence-corrected chi connectivity index (χ2v) is 6.60. The summed E-state index contributed by atoms with van der Waals surface area (Å²) in [5.74, 6) is -1.93. The second-order valence-electron chi connectivity index (χ2n) is 6.60. The van der Waals surface area contributed by atoms with E-state index < -0.39 is 17.9 Å². The van der Waals surface area contributed by atoms with Gasteiger partial charge in [0.05, 0.1) is 17.8 Å². The largest absolute Gasteiger partial charge is 0.396 e. The molecule has 1 aliphatic rings. The first-order valence-corrected chi connectivity index (χ1v) is 8.14. The first-order valence-electron chi connectivity index (χ1n) is 8.14. The van der Waals surface area contributed by atoms with Crippen molar-refractivity contribution in [1.29, 1.82) is 0 Å². The van der Waals surface area contributed by atoms with Gasteiger partial charge in [0, 0.05) is 6.54 Å². The predicted molar refractivity (Wildman–Crippen MR) is 87.7 cm³/mol. The van der Waals surface area contributed by atoms with Crippen LogP contribution in [0.15, 0.2) is 12.3 Å². The fourth-order valence-electron chi connectivity index (χ4n) is 2.89. The summed E-state index contributed by atoms with van der Waals surface area (Å²) in [5.41, 5.74) is 4.82. The summed E-state index contributed by atoms with van der Waals surface area (Å²) in [5, 5.41) is 3.57. The monoisotopic (exact) mass is 361 g/mol. The van der Waals surface area contributed by atoms with Crippen LogP contribution in [0.4, 0.5) is 23.5 Å². The molecule has 0 radical (unpaired) electrons. The molecule has 0 aliphatic carbocycles. The maximum atomic E-state index is 13.4. The molecule has 0 amide bonds. The Balaban J connectivity index is 0.000000236. The van der Waals surface area contributed by atoms with Crippen LogP contribution in [0.5, 0.6) is 0 Å². The van der Waals surface area contributed by atoms with Crippen LogP contribution in [-0.2, 0) is 0 Å². The zero-order chi connectivity index (χ0) is 18.8. The van der Waals surface area contributed by atoms with Gasteiger partial charge in [0.1, 0.15) is 5.52 Å². The van der Waals surface area contributed by atoms with Crippen LogP contribution in [-0.4, -0.2) is 45.8 Å². The molecule has 1 fully saturated rings. The van der Waals surface area contributed by atoms with Crippen molar-refractivity contribution >= 4 is 11.5 Å². The van der Waals surface area contributed by atoms with E-state index >= 15 is 0 Å². The maximum absolute atomic E-state index is 13.4. The van der Waals surface area contributed by atoms with Gasteiger partial charge in [-0.3, -0.25) is 0 Å². The smallest absolute Gasteiger partial charge is 0.367 e. The Morgan fingerprint density at radius 2 is 2.04 bits per heavy atom. The van der Waals surface area contributed by atoms with Crippen LogP contribution in [0.3, 0.4) is 0 Å². The number of piperidine rings is 1. The Bertz CT molecular complexity index is 704. The molecule has 9 heteroatoms. The summed E-state index contributed by atoms with van der Waals surface area (Å²) < 4.78 is 51.9. The summed E-state index contributed by atoms with van der Waals surface area (Å²) in [6.45, 7) is 5.87. The normalized spacial score (nSPS) is 20.2. The Morgan fingerprint density at radius 1 is 1.36 bits per heavy atom. The van der Waals surface area contributed by atoms with E-state index in [2.05, 4.69) is 29.0 Å². The molecule has 1 saturated heterocycles. The van der Waals surface area contributed by atoms with Crippen LogP contribution in [0.1, 0.15) is 38.3 Å². The Labute approximate surface area is 143 Å². The SMILES string of the molecule is CC(c1cc(F)c2cnc(N)nn12)C(F)(F)F.CC1CCCN(C)C1. The number of anilines is 1. The molecule has 0 saturated carbocycles. The molecule has 5 nitrogen and oxygen atoms in total. The van der Waals surface area contributed by atoms with Gasteiger partial charge in [-0.1, -0.05) is 6.92 Å². The lowest BCUT2D eigenvalue weighted by Crippen LogP contribution is -2.30. The van der Waals surface area contributed by atoms with Gasteiger partial charge < -0.3 is 10.6 Å². The van der Waals surface area contributed by atoms with Gasteiger partial charge in [-0.2, -0.15) is 13.2 Å². The molecule has 25 heavy (non-hydrogen) atoms. The molecule has 2 aromatic heterocycles. The van der Waals surface area contributed by atoms with Crippen molar-refractivity contribution in [2.75, 3.05) is 25.9 Å². The fourth-order valence-corrected chi connectivity index (χ4v) is 2.89. The third-order valence-corrected chi connectivity index (χ3v) is 4.31. The number of nitrogens with two attached hydrogens (primary N) is 1. The first kappa shape index (κ1) is 19.4. The number of hydrogen-bond donors (Lipinski definition) is 1. The molecule has 2 aromatic rings. The molecular weight excluding hydrogens is 338 g/mol. The van der Waals surface area contributed by atoms with Crippen LogP contribution in [0.2, 0.25) is 0 Å². The zero-order valence-corrected chi connectivity index (χ0v) is 14.5. The number of rotatable bonds is 1. The van der Waals surface area contributed by atoms with Crippen molar-refractivity contribution in [1.82, 2.24) is 19.5 Å². The highest BCUT2D eigenvalue weighted by Gasteiger charge is 2.39. The third-order valence-electron chi connectivity index (χ3n) is 4.31.